The van der Waals surface area contributed by atoms with E-state index in [2.05, 4.69) is 4.74 Å². The van der Waals surface area contributed by atoms with Gasteiger partial charge < -0.3 is 9.47 Å². The van der Waals surface area contributed by atoms with Crippen LogP contribution in [0.15, 0.2) is 23.1 Å². The molecule has 1 rings (SSSR count). The van der Waals surface area contributed by atoms with Crippen molar-refractivity contribution in [3.8, 4) is 5.75 Å². The zero-order valence-electron chi connectivity index (χ0n) is 10.7. The van der Waals surface area contributed by atoms with Crippen LogP contribution in [0.2, 0.25) is 0 Å². The second-order valence-electron chi connectivity index (χ2n) is 3.57. The van der Waals surface area contributed by atoms with E-state index < -0.39 is 17.4 Å². The molecule has 0 spiro atoms. The highest BCUT2D eigenvalue weighted by molar-refractivity contribution is 14.1. The van der Waals surface area contributed by atoms with Gasteiger partial charge in [0.1, 0.15) is 5.75 Å². The van der Waals surface area contributed by atoms with Gasteiger partial charge in [0.15, 0.2) is 0 Å². The Kier molecular flexibility index (Phi) is 6.44. The number of halogens is 4. The van der Waals surface area contributed by atoms with Gasteiger partial charge in [-0.3, -0.25) is 0 Å². The number of benzene rings is 1. The number of hydrogen-bond donors (Lipinski definition) is 0. The molecular formula is C12H12F3IO3S. The first-order valence-electron chi connectivity index (χ1n) is 5.52. The van der Waals surface area contributed by atoms with Crippen molar-refractivity contribution in [2.45, 2.75) is 23.2 Å². The standard InChI is InChI=1S/C12H12F3IO3S/c1-3-19-11(17)12(14,15)10(13)20-7-4-5-9(18-2)8(16)6-7/h4-6,10H,3H2,1-2H3. The quantitative estimate of drug-likeness (QED) is 0.398. The molecule has 0 N–H and O–H groups in total. The van der Waals surface area contributed by atoms with E-state index in [1.807, 2.05) is 22.6 Å². The third-order valence-corrected chi connectivity index (χ3v) is 4.07. The molecule has 1 aromatic rings. The Morgan fingerprint density at radius 3 is 2.65 bits per heavy atom. The topological polar surface area (TPSA) is 35.5 Å². The number of ether oxygens (including phenoxy) is 2. The van der Waals surface area contributed by atoms with E-state index in [0.29, 0.717) is 9.32 Å². The lowest BCUT2D eigenvalue weighted by Crippen LogP contribution is -2.38. The molecule has 1 unspecified atom stereocenters. The molecule has 0 aliphatic rings. The van der Waals surface area contributed by atoms with Gasteiger partial charge in [0.2, 0.25) is 5.50 Å². The fourth-order valence-electron chi connectivity index (χ4n) is 1.23. The molecular weight excluding hydrogens is 408 g/mol. The first-order valence-corrected chi connectivity index (χ1v) is 7.48. The van der Waals surface area contributed by atoms with Crippen LogP contribution in [0.1, 0.15) is 6.92 Å². The number of alkyl halides is 3. The normalized spacial score (nSPS) is 12.9. The van der Waals surface area contributed by atoms with Gasteiger partial charge in [0.25, 0.3) is 0 Å². The van der Waals surface area contributed by atoms with Crippen molar-refractivity contribution in [3.63, 3.8) is 0 Å². The maximum Gasteiger partial charge on any atom is 0.382 e. The van der Waals surface area contributed by atoms with Crippen molar-refractivity contribution >= 4 is 40.3 Å². The van der Waals surface area contributed by atoms with Crippen molar-refractivity contribution in [1.82, 2.24) is 0 Å². The molecule has 0 amide bonds. The highest BCUT2D eigenvalue weighted by atomic mass is 127. The average Bonchev–Trinajstić information content (AvgIpc) is 2.39. The molecule has 0 radical (unpaired) electrons. The van der Waals surface area contributed by atoms with Gasteiger partial charge in [-0.15, -0.1) is 0 Å². The summed E-state index contributed by atoms with van der Waals surface area (Å²) >= 11 is 2.20. The lowest BCUT2D eigenvalue weighted by molar-refractivity contribution is -0.175. The van der Waals surface area contributed by atoms with E-state index in [0.717, 1.165) is 0 Å². The smallest absolute Gasteiger partial charge is 0.382 e. The lowest BCUT2D eigenvalue weighted by Gasteiger charge is -2.18. The largest absolute Gasteiger partial charge is 0.496 e. The predicted molar refractivity (Wildman–Crippen MR) is 78.0 cm³/mol. The Balaban J connectivity index is 2.82. The Labute approximate surface area is 132 Å². The van der Waals surface area contributed by atoms with Gasteiger partial charge >= 0.3 is 11.9 Å². The van der Waals surface area contributed by atoms with Crippen LogP contribution in [0.3, 0.4) is 0 Å². The van der Waals surface area contributed by atoms with Crippen LogP contribution < -0.4 is 4.74 Å². The van der Waals surface area contributed by atoms with Crippen molar-refractivity contribution in [3.05, 3.63) is 21.8 Å². The third-order valence-electron chi connectivity index (χ3n) is 2.20. The Morgan fingerprint density at radius 1 is 1.50 bits per heavy atom. The molecule has 0 aliphatic carbocycles. The highest BCUT2D eigenvalue weighted by Gasteiger charge is 2.50. The predicted octanol–water partition coefficient (Wildman–Crippen LogP) is 3.89. The van der Waals surface area contributed by atoms with Gasteiger partial charge in [0, 0.05) is 4.90 Å². The minimum Gasteiger partial charge on any atom is -0.496 e. The molecule has 0 saturated heterocycles. The zero-order chi connectivity index (χ0) is 15.3. The summed E-state index contributed by atoms with van der Waals surface area (Å²) in [5.41, 5.74) is -2.72. The van der Waals surface area contributed by atoms with E-state index in [1.165, 1.54) is 26.2 Å². The number of esters is 1. The summed E-state index contributed by atoms with van der Waals surface area (Å²) in [5.74, 6) is -5.49. The monoisotopic (exact) mass is 420 g/mol. The molecule has 0 heterocycles. The fraction of sp³-hybridized carbons (Fsp3) is 0.417. The van der Waals surface area contributed by atoms with Gasteiger partial charge in [-0.1, -0.05) is 11.8 Å². The van der Waals surface area contributed by atoms with E-state index in [9.17, 15) is 18.0 Å². The van der Waals surface area contributed by atoms with Crippen LogP contribution in [0.25, 0.3) is 0 Å². The van der Waals surface area contributed by atoms with Crippen molar-refractivity contribution in [2.24, 2.45) is 0 Å². The van der Waals surface area contributed by atoms with Gasteiger partial charge in [0.05, 0.1) is 17.3 Å². The SMILES string of the molecule is CCOC(=O)C(F)(F)C(F)Sc1ccc(OC)c(I)c1. The molecule has 0 fully saturated rings. The van der Waals surface area contributed by atoms with Gasteiger partial charge in [-0.2, -0.15) is 8.78 Å². The highest BCUT2D eigenvalue weighted by Crippen LogP contribution is 2.37. The summed E-state index contributed by atoms with van der Waals surface area (Å²) in [6.45, 7) is 1.15. The molecule has 20 heavy (non-hydrogen) atoms. The number of carbonyl (C=O) groups is 1. The third kappa shape index (κ3) is 4.18. The van der Waals surface area contributed by atoms with E-state index in [1.54, 1.807) is 6.07 Å². The summed E-state index contributed by atoms with van der Waals surface area (Å²) in [7, 11) is 1.47. The first kappa shape index (κ1) is 17.4. The number of hydrogen-bond acceptors (Lipinski definition) is 4. The van der Waals surface area contributed by atoms with Gasteiger partial charge in [-0.05, 0) is 47.7 Å². The van der Waals surface area contributed by atoms with Crippen LogP contribution in [0.5, 0.6) is 5.75 Å². The summed E-state index contributed by atoms with van der Waals surface area (Å²) < 4.78 is 50.3. The number of methoxy groups -OCH3 is 1. The number of thioether (sulfide) groups is 1. The van der Waals surface area contributed by atoms with E-state index >= 15 is 0 Å². The summed E-state index contributed by atoms with van der Waals surface area (Å²) in [6, 6.07) is 4.48. The summed E-state index contributed by atoms with van der Waals surface area (Å²) in [5, 5.41) is 0. The molecule has 1 aromatic carbocycles. The summed E-state index contributed by atoms with van der Waals surface area (Å²) in [4.78, 5) is 11.3. The molecule has 0 aliphatic heterocycles. The molecule has 0 bridgehead atoms. The number of carbonyl (C=O) groups excluding carboxylic acids is 1. The fourth-order valence-corrected chi connectivity index (χ4v) is 3.00. The van der Waals surface area contributed by atoms with E-state index in [4.69, 9.17) is 4.74 Å². The zero-order valence-corrected chi connectivity index (χ0v) is 13.6. The molecule has 0 aromatic heterocycles. The minimum absolute atomic E-state index is 0.230. The second-order valence-corrected chi connectivity index (χ2v) is 5.86. The van der Waals surface area contributed by atoms with Crippen LogP contribution in [-0.2, 0) is 9.53 Å². The Morgan fingerprint density at radius 2 is 2.15 bits per heavy atom. The van der Waals surface area contributed by atoms with Crippen LogP contribution in [0.4, 0.5) is 13.2 Å². The van der Waals surface area contributed by atoms with Crippen molar-refractivity contribution in [2.75, 3.05) is 13.7 Å². The maximum atomic E-state index is 13.6. The molecule has 8 heteroatoms. The average molecular weight is 420 g/mol. The molecule has 0 saturated carbocycles. The first-order chi connectivity index (χ1) is 9.32. The number of rotatable bonds is 6. The van der Waals surface area contributed by atoms with Crippen molar-refractivity contribution < 1.29 is 27.4 Å². The summed E-state index contributed by atoms with van der Waals surface area (Å²) in [6.07, 6.45) is 0. The Bertz CT molecular complexity index is 485. The van der Waals surface area contributed by atoms with Crippen LogP contribution in [-0.4, -0.2) is 31.1 Å². The van der Waals surface area contributed by atoms with Crippen molar-refractivity contribution in [1.29, 1.82) is 0 Å². The molecule has 112 valence electrons. The Hall–Kier alpha value is -0.640. The maximum absolute atomic E-state index is 13.6. The van der Waals surface area contributed by atoms with Crippen LogP contribution in [0, 0.1) is 3.57 Å². The van der Waals surface area contributed by atoms with Crippen LogP contribution >= 0.6 is 34.4 Å². The molecule has 3 nitrogen and oxygen atoms in total. The van der Waals surface area contributed by atoms with Gasteiger partial charge in [-0.25, -0.2) is 9.18 Å². The van der Waals surface area contributed by atoms with E-state index in [-0.39, 0.29) is 23.3 Å². The molecule has 1 atom stereocenters. The minimum atomic E-state index is -4.19. The lowest BCUT2D eigenvalue weighted by atomic mass is 10.3. The second kappa shape index (κ2) is 7.39.